The zero-order valence-corrected chi connectivity index (χ0v) is 10.7. The third kappa shape index (κ3) is 3.18. The molecule has 1 N–H and O–H groups in total. The first-order chi connectivity index (χ1) is 7.74. The monoisotopic (exact) mass is 297 g/mol. The SMILES string of the molecule is Clc1cnc(NCc2cccc(Br)c2)nc1. The van der Waals surface area contributed by atoms with E-state index in [4.69, 9.17) is 11.6 Å². The van der Waals surface area contributed by atoms with Crippen LogP contribution in [0.1, 0.15) is 5.56 Å². The van der Waals surface area contributed by atoms with E-state index < -0.39 is 0 Å². The van der Waals surface area contributed by atoms with Crippen LogP contribution in [0.3, 0.4) is 0 Å². The first-order valence-corrected chi connectivity index (χ1v) is 5.87. The van der Waals surface area contributed by atoms with Gasteiger partial charge in [-0.25, -0.2) is 9.97 Å². The predicted molar refractivity (Wildman–Crippen MR) is 68.5 cm³/mol. The summed E-state index contributed by atoms with van der Waals surface area (Å²) in [5, 5.41) is 3.65. The maximum atomic E-state index is 5.69. The van der Waals surface area contributed by atoms with E-state index in [0.717, 1.165) is 10.0 Å². The molecular weight excluding hydrogens is 289 g/mol. The second-order valence-corrected chi connectivity index (χ2v) is 4.56. The lowest BCUT2D eigenvalue weighted by atomic mass is 10.2. The minimum Gasteiger partial charge on any atom is -0.350 e. The number of aromatic nitrogens is 2. The smallest absolute Gasteiger partial charge is 0.222 e. The Balaban J connectivity index is 1.99. The highest BCUT2D eigenvalue weighted by molar-refractivity contribution is 9.10. The van der Waals surface area contributed by atoms with Gasteiger partial charge in [0, 0.05) is 11.0 Å². The van der Waals surface area contributed by atoms with Crippen LogP contribution >= 0.6 is 27.5 Å². The predicted octanol–water partition coefficient (Wildman–Crippen LogP) is 3.50. The van der Waals surface area contributed by atoms with Crippen molar-refractivity contribution in [1.29, 1.82) is 0 Å². The van der Waals surface area contributed by atoms with Gasteiger partial charge in [0.2, 0.25) is 5.95 Å². The fourth-order valence-electron chi connectivity index (χ4n) is 1.23. The van der Waals surface area contributed by atoms with Crippen molar-refractivity contribution in [2.45, 2.75) is 6.54 Å². The van der Waals surface area contributed by atoms with Crippen molar-refractivity contribution >= 4 is 33.5 Å². The van der Waals surface area contributed by atoms with Gasteiger partial charge in [0.05, 0.1) is 17.4 Å². The molecule has 5 heteroatoms. The van der Waals surface area contributed by atoms with Gasteiger partial charge in [0.1, 0.15) is 0 Å². The number of rotatable bonds is 3. The summed E-state index contributed by atoms with van der Waals surface area (Å²) >= 11 is 9.11. The summed E-state index contributed by atoms with van der Waals surface area (Å²) in [6.07, 6.45) is 3.13. The van der Waals surface area contributed by atoms with Crippen LogP contribution in [-0.2, 0) is 6.54 Å². The Labute approximate surface area is 107 Å². The quantitative estimate of drug-likeness (QED) is 0.942. The van der Waals surface area contributed by atoms with Gasteiger partial charge < -0.3 is 5.32 Å². The highest BCUT2D eigenvalue weighted by Crippen LogP contribution is 2.12. The molecule has 0 spiro atoms. The molecule has 1 aromatic carbocycles. The van der Waals surface area contributed by atoms with Gasteiger partial charge in [-0.05, 0) is 17.7 Å². The topological polar surface area (TPSA) is 37.8 Å². The standard InChI is InChI=1S/C11H9BrClN3/c12-9-3-1-2-8(4-9)5-14-11-15-6-10(13)7-16-11/h1-4,6-7H,5H2,(H,14,15,16). The van der Waals surface area contributed by atoms with Gasteiger partial charge >= 0.3 is 0 Å². The number of hydrogen-bond acceptors (Lipinski definition) is 3. The summed E-state index contributed by atoms with van der Waals surface area (Å²) in [6, 6.07) is 8.06. The Kier molecular flexibility index (Phi) is 3.74. The Morgan fingerprint density at radius 1 is 1.25 bits per heavy atom. The van der Waals surface area contributed by atoms with Crippen LogP contribution in [0, 0.1) is 0 Å². The molecule has 3 nitrogen and oxygen atoms in total. The molecule has 0 atom stereocenters. The van der Waals surface area contributed by atoms with Crippen molar-refractivity contribution in [3.05, 3.63) is 51.7 Å². The van der Waals surface area contributed by atoms with Gasteiger partial charge in [-0.3, -0.25) is 0 Å². The Morgan fingerprint density at radius 2 is 2.00 bits per heavy atom. The largest absolute Gasteiger partial charge is 0.350 e. The molecule has 2 aromatic rings. The van der Waals surface area contributed by atoms with Gasteiger partial charge in [-0.2, -0.15) is 0 Å². The van der Waals surface area contributed by atoms with Crippen molar-refractivity contribution in [2.75, 3.05) is 5.32 Å². The average molecular weight is 299 g/mol. The van der Waals surface area contributed by atoms with Crippen LogP contribution < -0.4 is 5.32 Å². The van der Waals surface area contributed by atoms with Gasteiger partial charge in [0.15, 0.2) is 0 Å². The van der Waals surface area contributed by atoms with Crippen molar-refractivity contribution in [2.24, 2.45) is 0 Å². The zero-order valence-electron chi connectivity index (χ0n) is 8.32. The fraction of sp³-hybridized carbons (Fsp3) is 0.0909. The molecule has 0 radical (unpaired) electrons. The van der Waals surface area contributed by atoms with E-state index in [1.54, 1.807) is 12.4 Å². The van der Waals surface area contributed by atoms with Gasteiger partial charge in [-0.15, -0.1) is 0 Å². The van der Waals surface area contributed by atoms with Crippen LogP contribution in [-0.4, -0.2) is 9.97 Å². The normalized spacial score (nSPS) is 10.1. The fourth-order valence-corrected chi connectivity index (χ4v) is 1.78. The number of nitrogens with one attached hydrogen (secondary N) is 1. The van der Waals surface area contributed by atoms with E-state index in [0.29, 0.717) is 17.5 Å². The molecule has 0 fully saturated rings. The molecule has 0 aliphatic rings. The van der Waals surface area contributed by atoms with E-state index in [9.17, 15) is 0 Å². The van der Waals surface area contributed by atoms with E-state index in [2.05, 4.69) is 31.2 Å². The summed E-state index contributed by atoms with van der Waals surface area (Å²) in [5.41, 5.74) is 1.16. The van der Waals surface area contributed by atoms with Crippen LogP contribution in [0.5, 0.6) is 0 Å². The molecule has 82 valence electrons. The van der Waals surface area contributed by atoms with Crippen molar-refractivity contribution in [3.63, 3.8) is 0 Å². The number of anilines is 1. The second-order valence-electron chi connectivity index (χ2n) is 3.21. The van der Waals surface area contributed by atoms with E-state index in [1.165, 1.54) is 0 Å². The molecule has 0 saturated heterocycles. The van der Waals surface area contributed by atoms with Crippen LogP contribution in [0.15, 0.2) is 41.1 Å². The Bertz CT molecular complexity index is 473. The second kappa shape index (κ2) is 5.27. The summed E-state index contributed by atoms with van der Waals surface area (Å²) in [4.78, 5) is 8.10. The molecule has 0 aliphatic carbocycles. The van der Waals surface area contributed by atoms with Crippen LogP contribution in [0.25, 0.3) is 0 Å². The molecule has 1 heterocycles. The van der Waals surface area contributed by atoms with E-state index in [1.807, 2.05) is 24.3 Å². The number of halogens is 2. The van der Waals surface area contributed by atoms with Crippen molar-refractivity contribution in [1.82, 2.24) is 9.97 Å². The zero-order chi connectivity index (χ0) is 11.4. The number of hydrogen-bond donors (Lipinski definition) is 1. The number of nitrogens with zero attached hydrogens (tertiary/aromatic N) is 2. The third-order valence-electron chi connectivity index (χ3n) is 1.96. The molecule has 0 unspecified atom stereocenters. The number of benzene rings is 1. The summed E-state index contributed by atoms with van der Waals surface area (Å²) < 4.78 is 1.06. The molecule has 0 amide bonds. The minimum atomic E-state index is 0.535. The maximum absolute atomic E-state index is 5.69. The van der Waals surface area contributed by atoms with E-state index in [-0.39, 0.29) is 0 Å². The molecular formula is C11H9BrClN3. The lowest BCUT2D eigenvalue weighted by molar-refractivity contribution is 1.05. The highest BCUT2D eigenvalue weighted by Gasteiger charge is 1.97. The van der Waals surface area contributed by atoms with Gasteiger partial charge in [0.25, 0.3) is 0 Å². The van der Waals surface area contributed by atoms with Crippen LogP contribution in [0.2, 0.25) is 5.02 Å². The molecule has 1 aromatic heterocycles. The van der Waals surface area contributed by atoms with Crippen molar-refractivity contribution < 1.29 is 0 Å². The highest BCUT2D eigenvalue weighted by atomic mass is 79.9. The lowest BCUT2D eigenvalue weighted by Gasteiger charge is -2.04. The summed E-state index contributed by atoms with van der Waals surface area (Å²) in [5.74, 6) is 0.573. The Morgan fingerprint density at radius 3 is 2.69 bits per heavy atom. The summed E-state index contributed by atoms with van der Waals surface area (Å²) in [6.45, 7) is 0.682. The minimum absolute atomic E-state index is 0.535. The van der Waals surface area contributed by atoms with Gasteiger partial charge in [-0.1, -0.05) is 39.7 Å². The Hall–Kier alpha value is -1.13. The summed E-state index contributed by atoms with van der Waals surface area (Å²) in [7, 11) is 0. The maximum Gasteiger partial charge on any atom is 0.222 e. The third-order valence-corrected chi connectivity index (χ3v) is 2.65. The average Bonchev–Trinajstić information content (AvgIpc) is 2.28. The molecule has 2 rings (SSSR count). The van der Waals surface area contributed by atoms with E-state index >= 15 is 0 Å². The van der Waals surface area contributed by atoms with Crippen LogP contribution in [0.4, 0.5) is 5.95 Å². The van der Waals surface area contributed by atoms with Crippen molar-refractivity contribution in [3.8, 4) is 0 Å². The molecule has 0 saturated carbocycles. The molecule has 0 aliphatic heterocycles. The first kappa shape index (κ1) is 11.4. The molecule has 16 heavy (non-hydrogen) atoms. The lowest BCUT2D eigenvalue weighted by Crippen LogP contribution is -2.02. The molecule has 0 bridgehead atoms. The first-order valence-electron chi connectivity index (χ1n) is 4.70.